The van der Waals surface area contributed by atoms with Gasteiger partial charge in [-0.3, -0.25) is 0 Å². The molecule has 4 rings (SSSR count). The molecular weight excluding hydrogens is 436 g/mol. The summed E-state index contributed by atoms with van der Waals surface area (Å²) in [6.45, 7) is 1.01. The zero-order valence-electron chi connectivity index (χ0n) is 15.9. The molecule has 0 bridgehead atoms. The van der Waals surface area contributed by atoms with E-state index in [1.807, 2.05) is 42.5 Å². The van der Waals surface area contributed by atoms with E-state index in [9.17, 15) is 9.90 Å². The monoisotopic (exact) mass is 456 g/mol. The maximum atomic E-state index is 11.3. The van der Waals surface area contributed by atoms with Crippen molar-refractivity contribution in [1.29, 1.82) is 0 Å². The quantitative estimate of drug-likeness (QED) is 0.595. The molecule has 150 valence electrons. The van der Waals surface area contributed by atoms with Crippen molar-refractivity contribution in [1.82, 2.24) is 15.1 Å². The van der Waals surface area contributed by atoms with Crippen molar-refractivity contribution < 1.29 is 14.6 Å². The first-order valence-corrected chi connectivity index (χ1v) is 10.2. The van der Waals surface area contributed by atoms with Gasteiger partial charge in [0.05, 0.1) is 7.11 Å². The second-order valence-corrected chi connectivity index (χ2v) is 7.92. The van der Waals surface area contributed by atoms with Crippen LogP contribution in [0.15, 0.2) is 46.9 Å². The first kappa shape index (κ1) is 19.4. The van der Waals surface area contributed by atoms with Crippen molar-refractivity contribution in [3.8, 4) is 17.0 Å². The molecule has 1 fully saturated rings. The van der Waals surface area contributed by atoms with E-state index in [2.05, 4.69) is 31.4 Å². The second kappa shape index (κ2) is 8.24. The SMILES string of the molecule is COc1cc(Br)ccc1-c1nnc(NC2CCCN(C(=O)O)C2)c2ccccc12. The fourth-order valence-corrected chi connectivity index (χ4v) is 4.07. The van der Waals surface area contributed by atoms with Crippen LogP contribution < -0.4 is 10.1 Å². The molecule has 29 heavy (non-hydrogen) atoms. The summed E-state index contributed by atoms with van der Waals surface area (Å²) in [6, 6.07) is 13.8. The predicted octanol–water partition coefficient (Wildman–Crippen LogP) is 4.62. The summed E-state index contributed by atoms with van der Waals surface area (Å²) in [6.07, 6.45) is 0.830. The molecule has 0 radical (unpaired) electrons. The van der Waals surface area contributed by atoms with E-state index in [1.54, 1.807) is 7.11 Å². The van der Waals surface area contributed by atoms with Crippen LogP contribution >= 0.6 is 15.9 Å². The Hall–Kier alpha value is -2.87. The molecule has 1 saturated heterocycles. The first-order valence-electron chi connectivity index (χ1n) is 9.40. The van der Waals surface area contributed by atoms with Crippen molar-refractivity contribution in [2.75, 3.05) is 25.5 Å². The van der Waals surface area contributed by atoms with Crippen LogP contribution in [0.5, 0.6) is 5.75 Å². The topological polar surface area (TPSA) is 87.6 Å². The fourth-order valence-electron chi connectivity index (χ4n) is 3.73. The number of piperidine rings is 1. The number of rotatable bonds is 4. The number of likely N-dealkylation sites (tertiary alicyclic amines) is 1. The van der Waals surface area contributed by atoms with Gasteiger partial charge in [0.15, 0.2) is 5.82 Å². The zero-order chi connectivity index (χ0) is 20.4. The lowest BCUT2D eigenvalue weighted by molar-refractivity contribution is 0.133. The molecule has 2 heterocycles. The van der Waals surface area contributed by atoms with Crippen LogP contribution in [0.3, 0.4) is 0 Å². The minimum Gasteiger partial charge on any atom is -0.496 e. The van der Waals surface area contributed by atoms with Crippen LogP contribution in [0.2, 0.25) is 0 Å². The van der Waals surface area contributed by atoms with Gasteiger partial charge in [-0.05, 0) is 31.0 Å². The highest BCUT2D eigenvalue weighted by molar-refractivity contribution is 9.10. The van der Waals surface area contributed by atoms with E-state index < -0.39 is 6.09 Å². The third-order valence-electron chi connectivity index (χ3n) is 5.14. The highest BCUT2D eigenvalue weighted by Crippen LogP contribution is 2.36. The van der Waals surface area contributed by atoms with Gasteiger partial charge in [-0.1, -0.05) is 40.2 Å². The molecule has 7 nitrogen and oxygen atoms in total. The summed E-state index contributed by atoms with van der Waals surface area (Å²) in [4.78, 5) is 12.7. The standard InChI is InChI=1S/C21H21BrN4O3/c1-29-18-11-13(22)8-9-17(18)19-15-6-2-3-7-16(15)20(25-24-19)23-14-5-4-10-26(12-14)21(27)28/h2-3,6-9,11,14H,4-5,10,12H2,1H3,(H,23,25)(H,27,28). The number of anilines is 1. The van der Waals surface area contributed by atoms with Crippen molar-refractivity contribution in [2.24, 2.45) is 0 Å². The number of ether oxygens (including phenoxy) is 1. The molecule has 8 heteroatoms. The number of methoxy groups -OCH3 is 1. The molecule has 3 aromatic rings. The van der Waals surface area contributed by atoms with Crippen LogP contribution in [0.1, 0.15) is 12.8 Å². The Kier molecular flexibility index (Phi) is 5.53. The molecule has 0 saturated carbocycles. The number of nitrogens with zero attached hydrogens (tertiary/aromatic N) is 3. The summed E-state index contributed by atoms with van der Waals surface area (Å²) < 4.78 is 6.47. The Morgan fingerprint density at radius 3 is 2.79 bits per heavy atom. The van der Waals surface area contributed by atoms with E-state index >= 15 is 0 Å². The van der Waals surface area contributed by atoms with Gasteiger partial charge in [-0.25, -0.2) is 4.79 Å². The molecule has 1 aliphatic rings. The Morgan fingerprint density at radius 1 is 1.24 bits per heavy atom. The Morgan fingerprint density at radius 2 is 2.03 bits per heavy atom. The van der Waals surface area contributed by atoms with Crippen molar-refractivity contribution in [3.05, 3.63) is 46.9 Å². The summed E-state index contributed by atoms with van der Waals surface area (Å²) in [5.74, 6) is 1.38. The lowest BCUT2D eigenvalue weighted by atomic mass is 10.0. The Balaban J connectivity index is 1.72. The van der Waals surface area contributed by atoms with Crippen LogP contribution in [0.4, 0.5) is 10.6 Å². The van der Waals surface area contributed by atoms with Gasteiger partial charge in [0.25, 0.3) is 0 Å². The maximum Gasteiger partial charge on any atom is 0.407 e. The average Bonchev–Trinajstić information content (AvgIpc) is 2.74. The van der Waals surface area contributed by atoms with E-state index in [0.29, 0.717) is 24.7 Å². The molecule has 1 atom stereocenters. The number of aromatic nitrogens is 2. The molecule has 1 aromatic heterocycles. The summed E-state index contributed by atoms with van der Waals surface area (Å²) in [5.41, 5.74) is 1.60. The molecule has 1 aliphatic heterocycles. The van der Waals surface area contributed by atoms with Crippen LogP contribution in [-0.2, 0) is 0 Å². The maximum absolute atomic E-state index is 11.3. The van der Waals surface area contributed by atoms with Gasteiger partial charge < -0.3 is 20.1 Å². The smallest absolute Gasteiger partial charge is 0.407 e. The third-order valence-corrected chi connectivity index (χ3v) is 5.63. The third kappa shape index (κ3) is 3.98. The lowest BCUT2D eigenvalue weighted by Gasteiger charge is -2.31. The average molecular weight is 457 g/mol. The Bertz CT molecular complexity index is 1060. The van der Waals surface area contributed by atoms with Crippen LogP contribution in [0.25, 0.3) is 22.0 Å². The number of carboxylic acid groups (broad SMARTS) is 1. The number of hydrogen-bond donors (Lipinski definition) is 2. The number of hydrogen-bond acceptors (Lipinski definition) is 5. The van der Waals surface area contributed by atoms with Gasteiger partial charge >= 0.3 is 6.09 Å². The van der Waals surface area contributed by atoms with E-state index in [0.717, 1.165) is 39.3 Å². The molecule has 1 unspecified atom stereocenters. The van der Waals surface area contributed by atoms with Crippen LogP contribution in [0, 0.1) is 0 Å². The second-order valence-electron chi connectivity index (χ2n) is 7.00. The summed E-state index contributed by atoms with van der Waals surface area (Å²) in [7, 11) is 1.63. The molecular formula is C21H21BrN4O3. The molecule has 0 aliphatic carbocycles. The number of nitrogens with one attached hydrogen (secondary N) is 1. The molecule has 1 amide bonds. The highest BCUT2D eigenvalue weighted by atomic mass is 79.9. The highest BCUT2D eigenvalue weighted by Gasteiger charge is 2.24. The van der Waals surface area contributed by atoms with E-state index in [4.69, 9.17) is 4.74 Å². The van der Waals surface area contributed by atoms with Crippen LogP contribution in [-0.4, -0.2) is 52.5 Å². The van der Waals surface area contributed by atoms with Crippen molar-refractivity contribution >= 4 is 38.6 Å². The Labute approximate surface area is 176 Å². The summed E-state index contributed by atoms with van der Waals surface area (Å²) >= 11 is 3.47. The van der Waals surface area contributed by atoms with Gasteiger partial charge in [-0.2, -0.15) is 0 Å². The number of amides is 1. The number of halogens is 1. The predicted molar refractivity (Wildman–Crippen MR) is 115 cm³/mol. The molecule has 2 aromatic carbocycles. The van der Waals surface area contributed by atoms with Gasteiger partial charge in [0.2, 0.25) is 0 Å². The number of benzene rings is 2. The van der Waals surface area contributed by atoms with Crippen molar-refractivity contribution in [2.45, 2.75) is 18.9 Å². The minimum absolute atomic E-state index is 0.00521. The lowest BCUT2D eigenvalue weighted by Crippen LogP contribution is -2.44. The zero-order valence-corrected chi connectivity index (χ0v) is 17.5. The number of carbonyl (C=O) groups is 1. The summed E-state index contributed by atoms with van der Waals surface area (Å²) in [5, 5.41) is 23.5. The van der Waals surface area contributed by atoms with Gasteiger partial charge in [0.1, 0.15) is 11.4 Å². The van der Waals surface area contributed by atoms with E-state index in [-0.39, 0.29) is 6.04 Å². The molecule has 2 N–H and O–H groups in total. The normalized spacial score (nSPS) is 16.6. The van der Waals surface area contributed by atoms with Crippen molar-refractivity contribution in [3.63, 3.8) is 0 Å². The van der Waals surface area contributed by atoms with E-state index in [1.165, 1.54) is 4.90 Å². The first-order chi connectivity index (χ1) is 14.1. The largest absolute Gasteiger partial charge is 0.496 e. The number of fused-ring (bicyclic) bond motifs is 1. The fraction of sp³-hybridized carbons (Fsp3) is 0.286. The molecule has 0 spiro atoms. The minimum atomic E-state index is -0.884. The van der Waals surface area contributed by atoms with Gasteiger partial charge in [0, 0.05) is 39.9 Å². The van der Waals surface area contributed by atoms with Gasteiger partial charge in [-0.15, -0.1) is 10.2 Å².